The summed E-state index contributed by atoms with van der Waals surface area (Å²) in [6, 6.07) is -0.824. The number of carboxylic acid groups (broad SMARTS) is 1. The molecule has 1 fully saturated rings. The summed E-state index contributed by atoms with van der Waals surface area (Å²) in [5, 5.41) is 11.9. The Labute approximate surface area is 96.1 Å². The van der Waals surface area contributed by atoms with E-state index in [9.17, 15) is 13.2 Å². The normalized spacial score (nSPS) is 26.2. The quantitative estimate of drug-likeness (QED) is 0.737. The molecule has 1 heterocycles. The molecular weight excluding hydrogens is 230 g/mol. The van der Waals surface area contributed by atoms with Crippen molar-refractivity contribution in [2.45, 2.75) is 44.7 Å². The van der Waals surface area contributed by atoms with Crippen LogP contribution in [0.4, 0.5) is 0 Å². The average molecular weight is 249 g/mol. The van der Waals surface area contributed by atoms with Crippen molar-refractivity contribution < 1.29 is 18.3 Å². The molecule has 2 atom stereocenters. The molecule has 0 spiro atoms. The van der Waals surface area contributed by atoms with E-state index in [-0.39, 0.29) is 17.5 Å². The first-order chi connectivity index (χ1) is 7.44. The summed E-state index contributed by atoms with van der Waals surface area (Å²) in [5.74, 6) is -0.596. The fraction of sp³-hybridized carbons (Fsp3) is 0.900. The molecule has 1 saturated heterocycles. The van der Waals surface area contributed by atoms with Gasteiger partial charge in [0.25, 0.3) is 0 Å². The number of aliphatic carboxylic acids is 1. The van der Waals surface area contributed by atoms with Crippen LogP contribution in [0.15, 0.2) is 0 Å². The number of rotatable bonds is 5. The molecule has 5 nitrogen and oxygen atoms in total. The molecule has 0 bridgehead atoms. The predicted octanol–water partition coefficient (Wildman–Crippen LogP) is 0.407. The highest BCUT2D eigenvalue weighted by Crippen LogP contribution is 2.13. The van der Waals surface area contributed by atoms with Gasteiger partial charge >= 0.3 is 5.97 Å². The van der Waals surface area contributed by atoms with Crippen LogP contribution in [-0.4, -0.2) is 43.1 Å². The molecule has 16 heavy (non-hydrogen) atoms. The van der Waals surface area contributed by atoms with E-state index in [0.29, 0.717) is 12.8 Å². The Morgan fingerprint density at radius 3 is 2.75 bits per heavy atom. The second-order valence-electron chi connectivity index (χ2n) is 4.30. The van der Waals surface area contributed by atoms with Crippen molar-refractivity contribution in [2.75, 3.05) is 11.5 Å². The van der Waals surface area contributed by atoms with Gasteiger partial charge in [0.1, 0.15) is 6.04 Å². The van der Waals surface area contributed by atoms with Crippen LogP contribution in [0.2, 0.25) is 0 Å². The summed E-state index contributed by atoms with van der Waals surface area (Å²) in [7, 11) is -2.97. The summed E-state index contributed by atoms with van der Waals surface area (Å²) < 4.78 is 22.8. The number of sulfone groups is 1. The van der Waals surface area contributed by atoms with Crippen molar-refractivity contribution in [1.82, 2.24) is 5.32 Å². The lowest BCUT2D eigenvalue weighted by Crippen LogP contribution is -2.48. The molecule has 0 radical (unpaired) electrons. The second-order valence-corrected chi connectivity index (χ2v) is 6.53. The maximum Gasteiger partial charge on any atom is 0.320 e. The van der Waals surface area contributed by atoms with Crippen molar-refractivity contribution in [3.05, 3.63) is 0 Å². The Kier molecular flexibility index (Phi) is 4.73. The summed E-state index contributed by atoms with van der Waals surface area (Å²) in [6.45, 7) is 1.91. The summed E-state index contributed by atoms with van der Waals surface area (Å²) in [6.07, 6.45) is 2.67. The highest BCUT2D eigenvalue weighted by molar-refractivity contribution is 7.91. The molecule has 0 aliphatic carbocycles. The maximum atomic E-state index is 11.4. The van der Waals surface area contributed by atoms with Gasteiger partial charge in [-0.25, -0.2) is 8.42 Å². The zero-order chi connectivity index (χ0) is 12.2. The molecule has 0 saturated carbocycles. The number of hydrogen-bond acceptors (Lipinski definition) is 4. The second kappa shape index (κ2) is 5.63. The Morgan fingerprint density at radius 1 is 1.56 bits per heavy atom. The number of nitrogens with one attached hydrogen (secondary N) is 1. The largest absolute Gasteiger partial charge is 0.480 e. The molecule has 6 heteroatoms. The van der Waals surface area contributed by atoms with Gasteiger partial charge in [0.2, 0.25) is 0 Å². The van der Waals surface area contributed by atoms with Crippen LogP contribution in [0.3, 0.4) is 0 Å². The summed E-state index contributed by atoms with van der Waals surface area (Å²) in [5.41, 5.74) is 0. The van der Waals surface area contributed by atoms with Gasteiger partial charge < -0.3 is 10.4 Å². The van der Waals surface area contributed by atoms with E-state index in [0.717, 1.165) is 12.8 Å². The van der Waals surface area contributed by atoms with E-state index in [2.05, 4.69) is 5.32 Å². The number of hydrogen-bond donors (Lipinski definition) is 2. The lowest BCUT2D eigenvalue weighted by Gasteiger charge is -2.26. The van der Waals surface area contributed by atoms with Crippen LogP contribution in [0.5, 0.6) is 0 Å². The predicted molar refractivity (Wildman–Crippen MR) is 61.1 cm³/mol. The average Bonchev–Trinajstić information content (AvgIpc) is 2.15. The van der Waals surface area contributed by atoms with Crippen LogP contribution in [-0.2, 0) is 14.6 Å². The van der Waals surface area contributed by atoms with Gasteiger partial charge in [0.15, 0.2) is 9.84 Å². The summed E-state index contributed by atoms with van der Waals surface area (Å²) in [4.78, 5) is 10.9. The summed E-state index contributed by atoms with van der Waals surface area (Å²) >= 11 is 0. The topological polar surface area (TPSA) is 83.5 Å². The lowest BCUT2D eigenvalue weighted by atomic mass is 10.1. The third-order valence-electron chi connectivity index (χ3n) is 2.78. The Bertz CT molecular complexity index is 339. The van der Waals surface area contributed by atoms with E-state index in [4.69, 9.17) is 5.11 Å². The minimum absolute atomic E-state index is 0.0699. The van der Waals surface area contributed by atoms with Crippen LogP contribution < -0.4 is 5.32 Å². The molecule has 2 unspecified atom stereocenters. The van der Waals surface area contributed by atoms with E-state index >= 15 is 0 Å². The molecule has 0 aromatic heterocycles. The molecule has 0 amide bonds. The maximum absolute atomic E-state index is 11.4. The van der Waals surface area contributed by atoms with Crippen molar-refractivity contribution >= 4 is 15.8 Å². The molecule has 2 N–H and O–H groups in total. The van der Waals surface area contributed by atoms with Gasteiger partial charge in [-0.15, -0.1) is 0 Å². The first-order valence-electron chi connectivity index (χ1n) is 5.64. The van der Waals surface area contributed by atoms with E-state index in [1.165, 1.54) is 0 Å². The van der Waals surface area contributed by atoms with Gasteiger partial charge in [0, 0.05) is 6.04 Å². The van der Waals surface area contributed by atoms with Crippen molar-refractivity contribution in [3.8, 4) is 0 Å². The molecule has 1 aliphatic rings. The lowest BCUT2D eigenvalue weighted by molar-refractivity contribution is -0.139. The van der Waals surface area contributed by atoms with Gasteiger partial charge in [-0.2, -0.15) is 0 Å². The Morgan fingerprint density at radius 2 is 2.25 bits per heavy atom. The van der Waals surface area contributed by atoms with E-state index in [1.54, 1.807) is 0 Å². The van der Waals surface area contributed by atoms with Crippen molar-refractivity contribution in [3.63, 3.8) is 0 Å². The minimum Gasteiger partial charge on any atom is -0.480 e. The zero-order valence-corrected chi connectivity index (χ0v) is 10.3. The standard InChI is InChI=1S/C10H19NO4S/c1-2-4-9(10(12)13)11-8-5-3-6-16(14,15)7-8/h8-9,11H,2-7H2,1H3,(H,12,13). The molecule has 1 aliphatic heterocycles. The SMILES string of the molecule is CCCC(NC1CCCS(=O)(=O)C1)C(=O)O. The monoisotopic (exact) mass is 249 g/mol. The molecule has 0 aromatic rings. The van der Waals surface area contributed by atoms with Gasteiger partial charge in [0.05, 0.1) is 11.5 Å². The minimum atomic E-state index is -2.97. The third-order valence-corrected chi connectivity index (χ3v) is 4.60. The van der Waals surface area contributed by atoms with Crippen LogP contribution in [0, 0.1) is 0 Å². The molecule has 1 rings (SSSR count). The first kappa shape index (κ1) is 13.4. The fourth-order valence-corrected chi connectivity index (χ4v) is 3.65. The van der Waals surface area contributed by atoms with E-state index in [1.807, 2.05) is 6.92 Å². The number of carboxylic acids is 1. The molecular formula is C10H19NO4S. The Hall–Kier alpha value is -0.620. The number of carbonyl (C=O) groups is 1. The molecule has 94 valence electrons. The fourth-order valence-electron chi connectivity index (χ4n) is 2.01. The van der Waals surface area contributed by atoms with Crippen LogP contribution in [0.25, 0.3) is 0 Å². The van der Waals surface area contributed by atoms with Gasteiger partial charge in [-0.05, 0) is 19.3 Å². The Balaban J connectivity index is 2.54. The van der Waals surface area contributed by atoms with Crippen LogP contribution in [0.1, 0.15) is 32.6 Å². The van der Waals surface area contributed by atoms with Gasteiger partial charge in [-0.1, -0.05) is 13.3 Å². The van der Waals surface area contributed by atoms with Crippen molar-refractivity contribution in [1.29, 1.82) is 0 Å². The van der Waals surface area contributed by atoms with Crippen LogP contribution >= 0.6 is 0 Å². The smallest absolute Gasteiger partial charge is 0.320 e. The third kappa shape index (κ3) is 4.09. The first-order valence-corrected chi connectivity index (χ1v) is 7.46. The molecule has 0 aromatic carbocycles. The highest BCUT2D eigenvalue weighted by Gasteiger charge is 2.28. The van der Waals surface area contributed by atoms with E-state index < -0.39 is 21.8 Å². The zero-order valence-electron chi connectivity index (χ0n) is 9.48. The van der Waals surface area contributed by atoms with Gasteiger partial charge in [-0.3, -0.25) is 4.79 Å². The highest BCUT2D eigenvalue weighted by atomic mass is 32.2. The van der Waals surface area contributed by atoms with Crippen molar-refractivity contribution in [2.24, 2.45) is 0 Å².